The number of nitrogens with zero attached hydrogens (tertiary/aromatic N) is 1. The Morgan fingerprint density at radius 1 is 1.36 bits per heavy atom. The number of rotatable bonds is 4. The average molecular weight is 199 g/mol. The Bertz CT molecular complexity index is 162. The minimum atomic E-state index is 0.0177. The van der Waals surface area contributed by atoms with E-state index in [-0.39, 0.29) is 5.60 Å². The Kier molecular flexibility index (Phi) is 4.39. The Hall–Kier alpha value is -0.0800. The number of hydrogen-bond donors (Lipinski definition) is 0. The summed E-state index contributed by atoms with van der Waals surface area (Å²) < 4.78 is 5.72. The van der Waals surface area contributed by atoms with Gasteiger partial charge in [0.05, 0.1) is 12.2 Å². The van der Waals surface area contributed by atoms with Gasteiger partial charge < -0.3 is 9.64 Å². The molecule has 1 aliphatic heterocycles. The van der Waals surface area contributed by atoms with E-state index in [1.807, 2.05) is 0 Å². The zero-order valence-electron chi connectivity index (χ0n) is 10.2. The average Bonchev–Trinajstić information content (AvgIpc) is 2.50. The fourth-order valence-corrected chi connectivity index (χ4v) is 1.93. The van der Waals surface area contributed by atoms with Gasteiger partial charge >= 0.3 is 0 Å². The molecule has 1 heterocycles. The molecule has 2 nitrogen and oxygen atoms in total. The highest BCUT2D eigenvalue weighted by molar-refractivity contribution is 4.74. The van der Waals surface area contributed by atoms with Gasteiger partial charge in [-0.1, -0.05) is 13.3 Å². The summed E-state index contributed by atoms with van der Waals surface area (Å²) in [5.74, 6) is 0.935. The number of likely N-dealkylation sites (tertiary alicyclic amines) is 1. The normalized spacial score (nSPS) is 24.4. The Morgan fingerprint density at radius 3 is 2.57 bits per heavy atom. The van der Waals surface area contributed by atoms with Crippen LogP contribution in [0.1, 0.15) is 40.5 Å². The molecule has 0 amide bonds. The van der Waals surface area contributed by atoms with Gasteiger partial charge in [-0.3, -0.25) is 0 Å². The minimum absolute atomic E-state index is 0.0177. The molecule has 0 unspecified atom stereocenters. The lowest BCUT2D eigenvalue weighted by molar-refractivity contribution is -0.0112. The van der Waals surface area contributed by atoms with E-state index in [1.54, 1.807) is 0 Å². The molecule has 0 N–H and O–H groups in total. The highest BCUT2D eigenvalue weighted by Crippen LogP contribution is 2.18. The molecule has 0 bridgehead atoms. The van der Waals surface area contributed by atoms with Gasteiger partial charge in [0, 0.05) is 13.1 Å². The summed E-state index contributed by atoms with van der Waals surface area (Å²) in [4.78, 5) is 2.53. The van der Waals surface area contributed by atoms with Crippen molar-refractivity contribution in [3.8, 4) is 0 Å². The number of hydrogen-bond acceptors (Lipinski definition) is 2. The molecular formula is C12H25NO. The Labute approximate surface area is 88.6 Å². The zero-order chi connectivity index (χ0) is 10.6. The van der Waals surface area contributed by atoms with Crippen molar-refractivity contribution in [3.05, 3.63) is 0 Å². The lowest BCUT2D eigenvalue weighted by atomic mass is 10.1. The molecule has 14 heavy (non-hydrogen) atoms. The van der Waals surface area contributed by atoms with Crippen LogP contribution in [0.25, 0.3) is 0 Å². The fourth-order valence-electron chi connectivity index (χ4n) is 1.93. The van der Waals surface area contributed by atoms with Crippen LogP contribution in [-0.4, -0.2) is 36.7 Å². The Morgan fingerprint density at radius 2 is 2.07 bits per heavy atom. The smallest absolute Gasteiger partial charge is 0.0600 e. The van der Waals surface area contributed by atoms with Gasteiger partial charge in [-0.25, -0.2) is 0 Å². The SMILES string of the molecule is CC[C@@H]1CCN(CCOC(C)(C)C)C1. The summed E-state index contributed by atoms with van der Waals surface area (Å²) in [7, 11) is 0. The summed E-state index contributed by atoms with van der Waals surface area (Å²) in [6.07, 6.45) is 2.71. The van der Waals surface area contributed by atoms with Crippen molar-refractivity contribution in [2.45, 2.75) is 46.1 Å². The van der Waals surface area contributed by atoms with Crippen molar-refractivity contribution in [1.82, 2.24) is 4.90 Å². The minimum Gasteiger partial charge on any atom is -0.375 e. The van der Waals surface area contributed by atoms with E-state index in [2.05, 4.69) is 32.6 Å². The lowest BCUT2D eigenvalue weighted by Gasteiger charge is -2.22. The molecular weight excluding hydrogens is 174 g/mol. The molecule has 0 spiro atoms. The van der Waals surface area contributed by atoms with Gasteiger partial charge in [-0.2, -0.15) is 0 Å². The second-order valence-electron chi connectivity index (χ2n) is 5.32. The molecule has 2 heteroatoms. The first-order chi connectivity index (χ1) is 6.51. The molecule has 1 aliphatic rings. The third kappa shape index (κ3) is 4.43. The van der Waals surface area contributed by atoms with Gasteiger partial charge in [-0.05, 0) is 39.7 Å². The molecule has 0 saturated carbocycles. The van der Waals surface area contributed by atoms with E-state index < -0.39 is 0 Å². The molecule has 1 rings (SSSR count). The quantitative estimate of drug-likeness (QED) is 0.690. The van der Waals surface area contributed by atoms with Gasteiger partial charge in [0.25, 0.3) is 0 Å². The van der Waals surface area contributed by atoms with Crippen LogP contribution in [0.5, 0.6) is 0 Å². The van der Waals surface area contributed by atoms with Crippen LogP contribution in [-0.2, 0) is 4.74 Å². The molecule has 0 aromatic heterocycles. The van der Waals surface area contributed by atoms with Crippen LogP contribution < -0.4 is 0 Å². The van der Waals surface area contributed by atoms with Crippen LogP contribution in [0.4, 0.5) is 0 Å². The topological polar surface area (TPSA) is 12.5 Å². The summed E-state index contributed by atoms with van der Waals surface area (Å²) in [5, 5.41) is 0. The third-order valence-corrected chi connectivity index (χ3v) is 2.89. The highest BCUT2D eigenvalue weighted by Gasteiger charge is 2.20. The van der Waals surface area contributed by atoms with Gasteiger partial charge in [0.2, 0.25) is 0 Å². The molecule has 0 aromatic carbocycles. The largest absolute Gasteiger partial charge is 0.375 e. The first kappa shape index (κ1) is 12.0. The van der Waals surface area contributed by atoms with Gasteiger partial charge in [-0.15, -0.1) is 0 Å². The van der Waals surface area contributed by atoms with E-state index in [1.165, 1.54) is 25.9 Å². The highest BCUT2D eigenvalue weighted by atomic mass is 16.5. The summed E-state index contributed by atoms with van der Waals surface area (Å²) in [5.41, 5.74) is 0.0177. The summed E-state index contributed by atoms with van der Waals surface area (Å²) >= 11 is 0. The molecule has 1 saturated heterocycles. The van der Waals surface area contributed by atoms with Gasteiger partial charge in [0.1, 0.15) is 0 Å². The first-order valence-electron chi connectivity index (χ1n) is 5.87. The van der Waals surface area contributed by atoms with E-state index in [4.69, 9.17) is 4.74 Å². The Balaban J connectivity index is 2.09. The van der Waals surface area contributed by atoms with Crippen molar-refractivity contribution in [1.29, 1.82) is 0 Å². The predicted octanol–water partition coefficient (Wildman–Crippen LogP) is 2.53. The van der Waals surface area contributed by atoms with Crippen LogP contribution in [0, 0.1) is 5.92 Å². The molecule has 0 aromatic rings. The van der Waals surface area contributed by atoms with Crippen molar-refractivity contribution >= 4 is 0 Å². The van der Waals surface area contributed by atoms with Crippen LogP contribution in [0.3, 0.4) is 0 Å². The van der Waals surface area contributed by atoms with Crippen molar-refractivity contribution in [2.75, 3.05) is 26.2 Å². The fraction of sp³-hybridized carbons (Fsp3) is 1.00. The zero-order valence-corrected chi connectivity index (χ0v) is 10.2. The third-order valence-electron chi connectivity index (χ3n) is 2.89. The molecule has 1 fully saturated rings. The lowest BCUT2D eigenvalue weighted by Crippen LogP contribution is -2.29. The maximum Gasteiger partial charge on any atom is 0.0600 e. The molecule has 0 aliphatic carbocycles. The summed E-state index contributed by atoms with van der Waals surface area (Å²) in [6, 6.07) is 0. The van der Waals surface area contributed by atoms with E-state index in [0.717, 1.165) is 19.1 Å². The second-order valence-corrected chi connectivity index (χ2v) is 5.32. The second kappa shape index (κ2) is 5.13. The summed E-state index contributed by atoms with van der Waals surface area (Å²) in [6.45, 7) is 13.2. The van der Waals surface area contributed by atoms with Gasteiger partial charge in [0.15, 0.2) is 0 Å². The van der Waals surface area contributed by atoms with Crippen molar-refractivity contribution < 1.29 is 4.74 Å². The molecule has 0 radical (unpaired) electrons. The van der Waals surface area contributed by atoms with E-state index in [9.17, 15) is 0 Å². The van der Waals surface area contributed by atoms with Crippen molar-refractivity contribution in [3.63, 3.8) is 0 Å². The maximum atomic E-state index is 5.72. The van der Waals surface area contributed by atoms with Crippen LogP contribution in [0.2, 0.25) is 0 Å². The number of ether oxygens (including phenoxy) is 1. The van der Waals surface area contributed by atoms with Crippen LogP contribution in [0.15, 0.2) is 0 Å². The molecule has 84 valence electrons. The van der Waals surface area contributed by atoms with E-state index >= 15 is 0 Å². The van der Waals surface area contributed by atoms with E-state index in [0.29, 0.717) is 0 Å². The monoisotopic (exact) mass is 199 g/mol. The molecule has 1 atom stereocenters. The maximum absolute atomic E-state index is 5.72. The standard InChI is InChI=1S/C12H25NO/c1-5-11-6-7-13(10-11)8-9-14-12(2,3)4/h11H,5-10H2,1-4H3/t11-/m1/s1. The predicted molar refractivity (Wildman–Crippen MR) is 60.5 cm³/mol. The van der Waals surface area contributed by atoms with Crippen LogP contribution >= 0.6 is 0 Å². The first-order valence-corrected chi connectivity index (χ1v) is 5.87. The van der Waals surface area contributed by atoms with Crippen molar-refractivity contribution in [2.24, 2.45) is 5.92 Å².